The van der Waals surface area contributed by atoms with Crippen molar-refractivity contribution in [2.45, 2.75) is 13.3 Å². The molecular weight excluding hydrogens is 432 g/mol. The van der Waals surface area contributed by atoms with Gasteiger partial charge in [0.05, 0.1) is 22.6 Å². The Morgan fingerprint density at radius 1 is 0.800 bits per heavy atom. The van der Waals surface area contributed by atoms with Crippen molar-refractivity contribution < 1.29 is 0 Å². The van der Waals surface area contributed by atoms with Gasteiger partial charge in [0.1, 0.15) is 0 Å². The molecule has 172 valence electrons. The first kappa shape index (κ1) is 22.2. The fourth-order valence-corrected chi connectivity index (χ4v) is 4.13. The number of aliphatic imine (C=N–C) groups is 1. The Morgan fingerprint density at radius 3 is 2.00 bits per heavy atom. The zero-order valence-electron chi connectivity index (χ0n) is 19.5. The average molecular weight is 459 g/mol. The van der Waals surface area contributed by atoms with Crippen LogP contribution in [0.15, 0.2) is 119 Å². The van der Waals surface area contributed by atoms with Crippen molar-refractivity contribution in [3.63, 3.8) is 0 Å². The lowest BCUT2D eigenvalue weighted by Gasteiger charge is -2.07. The van der Waals surface area contributed by atoms with Crippen molar-refractivity contribution in [3.8, 4) is 5.69 Å². The van der Waals surface area contributed by atoms with Crippen molar-refractivity contribution in [1.29, 1.82) is 0 Å². The second-order valence-corrected chi connectivity index (χ2v) is 8.50. The number of para-hydroxylation sites is 1. The van der Waals surface area contributed by atoms with E-state index in [9.17, 15) is 4.79 Å². The number of aromatic amines is 1. The number of nitrogens with zero attached hydrogens (tertiary/aromatic N) is 2. The number of nitrogens with two attached hydrogens (primary N) is 1. The number of H-pyrrole nitrogens is 1. The summed E-state index contributed by atoms with van der Waals surface area (Å²) in [7, 11) is 0. The second-order valence-electron chi connectivity index (χ2n) is 8.50. The number of aromatic nitrogens is 2. The third-order valence-electron chi connectivity index (χ3n) is 5.94. The third kappa shape index (κ3) is 4.84. The van der Waals surface area contributed by atoms with Crippen LogP contribution in [-0.2, 0) is 6.42 Å². The molecule has 5 heteroatoms. The van der Waals surface area contributed by atoms with E-state index in [1.165, 1.54) is 11.1 Å². The molecule has 0 aliphatic carbocycles. The summed E-state index contributed by atoms with van der Waals surface area (Å²) in [5.41, 5.74) is 13.2. The molecule has 1 aromatic heterocycles. The van der Waals surface area contributed by atoms with Crippen LogP contribution in [0.3, 0.4) is 0 Å². The molecule has 0 saturated heterocycles. The van der Waals surface area contributed by atoms with Gasteiger partial charge in [-0.25, -0.2) is 9.67 Å². The Hall–Kier alpha value is -4.64. The minimum atomic E-state index is -0.128. The first-order chi connectivity index (χ1) is 17.1. The summed E-state index contributed by atoms with van der Waals surface area (Å²) in [6.45, 7) is 1.91. The molecule has 0 fully saturated rings. The Morgan fingerprint density at radius 2 is 1.37 bits per heavy atom. The predicted molar refractivity (Wildman–Crippen MR) is 143 cm³/mol. The molecule has 0 spiro atoms. The molecule has 0 atom stereocenters. The average Bonchev–Trinajstić information content (AvgIpc) is 3.19. The maximum Gasteiger partial charge on any atom is 0.280 e. The minimum Gasteiger partial charge on any atom is -0.399 e. The lowest BCUT2D eigenvalue weighted by molar-refractivity contribution is 0.835. The van der Waals surface area contributed by atoms with Gasteiger partial charge in [0, 0.05) is 16.9 Å². The maximum atomic E-state index is 13.5. The summed E-state index contributed by atoms with van der Waals surface area (Å²) in [4.78, 5) is 18.5. The lowest BCUT2D eigenvalue weighted by Crippen LogP contribution is -2.21. The van der Waals surface area contributed by atoms with E-state index in [4.69, 9.17) is 10.7 Å². The standard InChI is InChI=1S/C30H26N4O/c1-21-28(30(35)34(33-21)27-10-6-3-7-11-27)29(24-8-4-2-5-9-24)32-26-18-14-23(15-19-26)20-22-12-16-25(31)17-13-22/h2-19,33H,20,31H2,1H3. The quantitative estimate of drug-likeness (QED) is 0.249. The monoisotopic (exact) mass is 458 g/mol. The fourth-order valence-electron chi connectivity index (χ4n) is 4.13. The Kier molecular flexibility index (Phi) is 6.14. The highest BCUT2D eigenvalue weighted by molar-refractivity contribution is 6.14. The van der Waals surface area contributed by atoms with E-state index in [1.807, 2.05) is 104 Å². The van der Waals surface area contributed by atoms with Crippen LogP contribution in [-0.4, -0.2) is 15.5 Å². The predicted octanol–water partition coefficient (Wildman–Crippen LogP) is 5.82. The Balaban J connectivity index is 1.54. The number of anilines is 1. The molecule has 0 amide bonds. The topological polar surface area (TPSA) is 76.2 Å². The molecule has 5 aromatic rings. The summed E-state index contributed by atoms with van der Waals surface area (Å²) in [5, 5.41) is 3.22. The van der Waals surface area contributed by atoms with Gasteiger partial charge < -0.3 is 5.73 Å². The molecule has 35 heavy (non-hydrogen) atoms. The van der Waals surface area contributed by atoms with Crippen molar-refractivity contribution in [2.24, 2.45) is 4.99 Å². The first-order valence-electron chi connectivity index (χ1n) is 11.5. The van der Waals surface area contributed by atoms with Crippen LogP contribution in [0.4, 0.5) is 11.4 Å². The number of hydrogen-bond donors (Lipinski definition) is 2. The van der Waals surface area contributed by atoms with Crippen LogP contribution in [0.25, 0.3) is 5.69 Å². The largest absolute Gasteiger partial charge is 0.399 e. The van der Waals surface area contributed by atoms with Crippen LogP contribution in [0.5, 0.6) is 0 Å². The summed E-state index contributed by atoms with van der Waals surface area (Å²) < 4.78 is 1.57. The van der Waals surface area contributed by atoms with Gasteiger partial charge in [-0.15, -0.1) is 0 Å². The summed E-state index contributed by atoms with van der Waals surface area (Å²) in [6, 6.07) is 35.4. The fraction of sp³-hybridized carbons (Fsp3) is 0.0667. The van der Waals surface area contributed by atoms with Crippen LogP contribution in [0.2, 0.25) is 0 Å². The zero-order chi connectivity index (χ0) is 24.2. The molecule has 0 saturated carbocycles. The second kappa shape index (κ2) is 9.69. The van der Waals surface area contributed by atoms with Gasteiger partial charge in [-0.2, -0.15) is 0 Å². The van der Waals surface area contributed by atoms with Crippen molar-refractivity contribution in [3.05, 3.63) is 147 Å². The van der Waals surface area contributed by atoms with Crippen molar-refractivity contribution >= 4 is 17.1 Å². The molecule has 0 unspecified atom stereocenters. The van der Waals surface area contributed by atoms with E-state index in [1.54, 1.807) is 4.68 Å². The number of benzene rings is 4. The highest BCUT2D eigenvalue weighted by Crippen LogP contribution is 2.21. The van der Waals surface area contributed by atoms with Gasteiger partial charge >= 0.3 is 0 Å². The molecule has 0 aliphatic rings. The van der Waals surface area contributed by atoms with Crippen LogP contribution >= 0.6 is 0 Å². The summed E-state index contributed by atoms with van der Waals surface area (Å²) in [6.07, 6.45) is 0.814. The number of hydrogen-bond acceptors (Lipinski definition) is 3. The smallest absolute Gasteiger partial charge is 0.280 e. The molecular formula is C30H26N4O. The zero-order valence-corrected chi connectivity index (χ0v) is 19.5. The van der Waals surface area contributed by atoms with Crippen LogP contribution < -0.4 is 11.3 Å². The molecule has 1 heterocycles. The highest BCUT2D eigenvalue weighted by atomic mass is 16.1. The van der Waals surface area contributed by atoms with E-state index in [-0.39, 0.29) is 5.56 Å². The van der Waals surface area contributed by atoms with Gasteiger partial charge in [0.2, 0.25) is 0 Å². The van der Waals surface area contributed by atoms with E-state index in [0.29, 0.717) is 11.3 Å². The molecule has 3 N–H and O–H groups in total. The Labute approximate surface area is 204 Å². The normalized spacial score (nSPS) is 11.5. The van der Waals surface area contributed by atoms with E-state index < -0.39 is 0 Å². The number of nitrogen functional groups attached to an aromatic ring is 1. The van der Waals surface area contributed by atoms with Gasteiger partial charge in [0.25, 0.3) is 5.56 Å². The van der Waals surface area contributed by atoms with Crippen molar-refractivity contribution in [2.75, 3.05) is 5.73 Å². The summed E-state index contributed by atoms with van der Waals surface area (Å²) in [5.74, 6) is 0. The van der Waals surface area contributed by atoms with Gasteiger partial charge in [-0.3, -0.25) is 9.89 Å². The maximum absolute atomic E-state index is 13.5. The van der Waals surface area contributed by atoms with E-state index in [2.05, 4.69) is 17.2 Å². The van der Waals surface area contributed by atoms with Gasteiger partial charge in [-0.05, 0) is 60.9 Å². The summed E-state index contributed by atoms with van der Waals surface area (Å²) >= 11 is 0. The molecule has 0 bridgehead atoms. The third-order valence-corrected chi connectivity index (χ3v) is 5.94. The minimum absolute atomic E-state index is 0.128. The van der Waals surface area contributed by atoms with Crippen molar-refractivity contribution in [1.82, 2.24) is 9.78 Å². The SMILES string of the molecule is Cc1[nH]n(-c2ccccc2)c(=O)c1C(=Nc1ccc(Cc2ccc(N)cc2)cc1)c1ccccc1. The number of rotatable bonds is 6. The van der Waals surface area contributed by atoms with Gasteiger partial charge in [0.15, 0.2) is 0 Å². The van der Waals surface area contributed by atoms with Crippen LogP contribution in [0.1, 0.15) is 27.9 Å². The molecule has 5 nitrogen and oxygen atoms in total. The molecule has 0 radical (unpaired) electrons. The highest BCUT2D eigenvalue weighted by Gasteiger charge is 2.19. The van der Waals surface area contributed by atoms with E-state index >= 15 is 0 Å². The first-order valence-corrected chi connectivity index (χ1v) is 11.5. The number of aryl methyl sites for hydroxylation is 1. The van der Waals surface area contributed by atoms with E-state index in [0.717, 1.165) is 34.7 Å². The molecule has 5 rings (SSSR count). The van der Waals surface area contributed by atoms with Crippen LogP contribution in [0, 0.1) is 6.92 Å². The molecule has 4 aromatic carbocycles. The molecule has 0 aliphatic heterocycles. The van der Waals surface area contributed by atoms with Gasteiger partial charge in [-0.1, -0.05) is 72.8 Å². The lowest BCUT2D eigenvalue weighted by atomic mass is 10.0. The Bertz CT molecular complexity index is 1510. The number of nitrogens with one attached hydrogen (secondary N) is 1.